The number of carbonyl (C=O) groups is 1. The SMILES string of the molecule is CC(NC(=O)C1CCCN(S(=O)(=O)c2ccc(F)cc2)C1)c1ccc(Cl)cc1. The van der Waals surface area contributed by atoms with Gasteiger partial charge in [-0.2, -0.15) is 4.31 Å². The summed E-state index contributed by atoms with van der Waals surface area (Å²) in [5, 5.41) is 3.57. The Labute approximate surface area is 169 Å². The Balaban J connectivity index is 1.67. The summed E-state index contributed by atoms with van der Waals surface area (Å²) in [5.41, 5.74) is 0.921. The summed E-state index contributed by atoms with van der Waals surface area (Å²) < 4.78 is 40.0. The third-order valence-electron chi connectivity index (χ3n) is 4.94. The van der Waals surface area contributed by atoms with E-state index in [4.69, 9.17) is 11.6 Å². The maximum atomic E-state index is 13.1. The zero-order valence-corrected chi connectivity index (χ0v) is 17.0. The van der Waals surface area contributed by atoms with E-state index >= 15 is 0 Å². The second-order valence-electron chi connectivity index (χ2n) is 6.94. The molecule has 1 saturated heterocycles. The summed E-state index contributed by atoms with van der Waals surface area (Å²) in [6.07, 6.45) is 1.21. The topological polar surface area (TPSA) is 66.5 Å². The second kappa shape index (κ2) is 8.59. The fraction of sp³-hybridized carbons (Fsp3) is 0.350. The molecule has 1 heterocycles. The predicted octanol–water partition coefficient (Wildman–Crippen LogP) is 3.76. The lowest BCUT2D eigenvalue weighted by molar-refractivity contribution is -0.126. The molecule has 28 heavy (non-hydrogen) atoms. The lowest BCUT2D eigenvalue weighted by atomic mass is 9.98. The summed E-state index contributed by atoms with van der Waals surface area (Å²) in [6.45, 7) is 2.33. The van der Waals surface area contributed by atoms with Crippen molar-refractivity contribution in [1.29, 1.82) is 0 Å². The number of halogens is 2. The lowest BCUT2D eigenvalue weighted by Crippen LogP contribution is -2.45. The first-order valence-corrected chi connectivity index (χ1v) is 10.9. The van der Waals surface area contributed by atoms with Crippen LogP contribution in [0.25, 0.3) is 0 Å². The average molecular weight is 425 g/mol. The van der Waals surface area contributed by atoms with Crippen molar-refractivity contribution in [1.82, 2.24) is 9.62 Å². The number of nitrogens with one attached hydrogen (secondary N) is 1. The summed E-state index contributed by atoms with van der Waals surface area (Å²) in [6, 6.07) is 11.7. The molecule has 0 aliphatic carbocycles. The number of sulfonamides is 1. The van der Waals surface area contributed by atoms with Crippen LogP contribution in [-0.4, -0.2) is 31.7 Å². The maximum absolute atomic E-state index is 13.1. The van der Waals surface area contributed by atoms with Gasteiger partial charge in [-0.1, -0.05) is 23.7 Å². The van der Waals surface area contributed by atoms with Crippen molar-refractivity contribution in [3.63, 3.8) is 0 Å². The van der Waals surface area contributed by atoms with Crippen molar-refractivity contribution in [3.8, 4) is 0 Å². The highest BCUT2D eigenvalue weighted by atomic mass is 35.5. The number of benzene rings is 2. The minimum absolute atomic E-state index is 0.0319. The van der Waals surface area contributed by atoms with Crippen LogP contribution in [0.4, 0.5) is 4.39 Å². The third-order valence-corrected chi connectivity index (χ3v) is 7.07. The third kappa shape index (κ3) is 4.71. The van der Waals surface area contributed by atoms with E-state index in [1.54, 1.807) is 12.1 Å². The first kappa shape index (κ1) is 20.8. The highest BCUT2D eigenvalue weighted by molar-refractivity contribution is 7.89. The Hall–Kier alpha value is -1.96. The molecule has 0 saturated carbocycles. The molecule has 2 aromatic rings. The smallest absolute Gasteiger partial charge is 0.243 e. The fourth-order valence-electron chi connectivity index (χ4n) is 3.30. The van der Waals surface area contributed by atoms with Crippen LogP contribution in [0.2, 0.25) is 5.02 Å². The largest absolute Gasteiger partial charge is 0.349 e. The van der Waals surface area contributed by atoms with Crippen molar-refractivity contribution in [3.05, 3.63) is 64.9 Å². The highest BCUT2D eigenvalue weighted by Gasteiger charge is 2.33. The van der Waals surface area contributed by atoms with Gasteiger partial charge in [0.05, 0.1) is 16.9 Å². The number of piperidine rings is 1. The molecule has 2 aromatic carbocycles. The van der Waals surface area contributed by atoms with E-state index in [1.807, 2.05) is 19.1 Å². The summed E-state index contributed by atoms with van der Waals surface area (Å²) in [7, 11) is -3.76. The van der Waals surface area contributed by atoms with Crippen molar-refractivity contribution in [2.24, 2.45) is 5.92 Å². The number of amides is 1. The standard InChI is InChI=1S/C20H22ClFN2O3S/c1-14(15-4-6-17(21)7-5-15)23-20(25)16-3-2-12-24(13-16)28(26,27)19-10-8-18(22)9-11-19/h4-11,14,16H,2-3,12-13H2,1H3,(H,23,25). The second-order valence-corrected chi connectivity index (χ2v) is 9.31. The van der Waals surface area contributed by atoms with Crippen LogP contribution in [0.15, 0.2) is 53.4 Å². The first-order valence-electron chi connectivity index (χ1n) is 9.09. The lowest BCUT2D eigenvalue weighted by Gasteiger charge is -2.32. The molecule has 5 nitrogen and oxygen atoms in total. The van der Waals surface area contributed by atoms with E-state index < -0.39 is 21.8 Å². The summed E-state index contributed by atoms with van der Waals surface area (Å²) >= 11 is 5.89. The molecule has 2 unspecified atom stereocenters. The van der Waals surface area contributed by atoms with Gasteiger partial charge in [-0.05, 0) is 61.7 Å². The molecule has 1 aliphatic heterocycles. The van der Waals surface area contributed by atoms with E-state index in [0.717, 1.165) is 17.7 Å². The van der Waals surface area contributed by atoms with Gasteiger partial charge in [0.1, 0.15) is 5.82 Å². The molecule has 0 bridgehead atoms. The van der Waals surface area contributed by atoms with Gasteiger partial charge in [-0.15, -0.1) is 0 Å². The van der Waals surface area contributed by atoms with Gasteiger partial charge in [-0.25, -0.2) is 12.8 Å². The maximum Gasteiger partial charge on any atom is 0.243 e. The molecule has 1 N–H and O–H groups in total. The molecular formula is C20H22ClFN2O3S. The zero-order valence-electron chi connectivity index (χ0n) is 15.4. The minimum Gasteiger partial charge on any atom is -0.349 e. The molecule has 2 atom stereocenters. The van der Waals surface area contributed by atoms with Crippen LogP contribution in [0.5, 0.6) is 0 Å². The van der Waals surface area contributed by atoms with E-state index in [9.17, 15) is 17.6 Å². The predicted molar refractivity (Wildman–Crippen MR) is 106 cm³/mol. The Kier molecular flexibility index (Phi) is 6.37. The fourth-order valence-corrected chi connectivity index (χ4v) is 4.95. The Bertz CT molecular complexity index is 933. The molecule has 3 rings (SSSR count). The van der Waals surface area contributed by atoms with Crippen LogP contribution in [0, 0.1) is 11.7 Å². The first-order chi connectivity index (χ1) is 13.3. The van der Waals surface area contributed by atoms with E-state index in [2.05, 4.69) is 5.32 Å². The molecular weight excluding hydrogens is 403 g/mol. The van der Waals surface area contributed by atoms with Crippen molar-refractivity contribution in [2.75, 3.05) is 13.1 Å². The molecule has 150 valence electrons. The van der Waals surface area contributed by atoms with Crippen LogP contribution in [0.1, 0.15) is 31.4 Å². The van der Waals surface area contributed by atoms with Crippen LogP contribution < -0.4 is 5.32 Å². The molecule has 1 aliphatic rings. The van der Waals surface area contributed by atoms with Gasteiger partial charge < -0.3 is 5.32 Å². The van der Waals surface area contributed by atoms with Crippen molar-refractivity contribution < 1.29 is 17.6 Å². The van der Waals surface area contributed by atoms with Crippen LogP contribution >= 0.6 is 11.6 Å². The summed E-state index contributed by atoms with van der Waals surface area (Å²) in [4.78, 5) is 12.7. The van der Waals surface area contributed by atoms with Gasteiger partial charge in [0.2, 0.25) is 15.9 Å². The Morgan fingerprint density at radius 2 is 1.82 bits per heavy atom. The van der Waals surface area contributed by atoms with E-state index in [-0.39, 0.29) is 23.4 Å². The zero-order chi connectivity index (χ0) is 20.3. The molecule has 0 aromatic heterocycles. The molecule has 0 radical (unpaired) electrons. The number of rotatable bonds is 5. The Morgan fingerprint density at radius 3 is 2.46 bits per heavy atom. The van der Waals surface area contributed by atoms with Gasteiger partial charge in [0, 0.05) is 18.1 Å². The summed E-state index contributed by atoms with van der Waals surface area (Å²) in [5.74, 6) is -1.11. The number of hydrogen-bond donors (Lipinski definition) is 1. The van der Waals surface area contributed by atoms with Crippen molar-refractivity contribution in [2.45, 2.75) is 30.7 Å². The molecule has 1 fully saturated rings. The van der Waals surface area contributed by atoms with Gasteiger partial charge >= 0.3 is 0 Å². The van der Waals surface area contributed by atoms with Crippen LogP contribution in [0.3, 0.4) is 0 Å². The molecule has 8 heteroatoms. The minimum atomic E-state index is -3.76. The quantitative estimate of drug-likeness (QED) is 0.794. The Morgan fingerprint density at radius 1 is 1.18 bits per heavy atom. The van der Waals surface area contributed by atoms with Crippen molar-refractivity contribution >= 4 is 27.5 Å². The van der Waals surface area contributed by atoms with Gasteiger partial charge in [0.25, 0.3) is 0 Å². The number of hydrogen-bond acceptors (Lipinski definition) is 3. The normalized spacial score (nSPS) is 19.2. The number of nitrogens with zero attached hydrogens (tertiary/aromatic N) is 1. The van der Waals surface area contributed by atoms with Gasteiger partial charge in [-0.3, -0.25) is 4.79 Å². The molecule has 1 amide bonds. The highest BCUT2D eigenvalue weighted by Crippen LogP contribution is 2.25. The molecule has 0 spiro atoms. The monoisotopic (exact) mass is 424 g/mol. The van der Waals surface area contributed by atoms with E-state index in [1.165, 1.54) is 16.4 Å². The number of carbonyl (C=O) groups excluding carboxylic acids is 1. The van der Waals surface area contributed by atoms with Gasteiger partial charge in [0.15, 0.2) is 0 Å². The average Bonchev–Trinajstić information content (AvgIpc) is 2.69. The van der Waals surface area contributed by atoms with E-state index in [0.29, 0.717) is 24.4 Å². The van der Waals surface area contributed by atoms with Crippen LogP contribution in [-0.2, 0) is 14.8 Å².